The van der Waals surface area contributed by atoms with E-state index in [-0.39, 0.29) is 18.2 Å². The lowest BCUT2D eigenvalue weighted by molar-refractivity contribution is -0.136. The topological polar surface area (TPSA) is 117 Å². The van der Waals surface area contributed by atoms with Gasteiger partial charge in [0, 0.05) is 25.8 Å². The summed E-state index contributed by atoms with van der Waals surface area (Å²) < 4.78 is 5.12. The van der Waals surface area contributed by atoms with Gasteiger partial charge in [-0.15, -0.1) is 0 Å². The van der Waals surface area contributed by atoms with Crippen LogP contribution in [0.2, 0.25) is 0 Å². The Morgan fingerprint density at radius 2 is 1.74 bits per heavy atom. The summed E-state index contributed by atoms with van der Waals surface area (Å²) >= 11 is 0. The molecule has 0 aliphatic heterocycles. The molecule has 0 bridgehead atoms. The zero-order valence-corrected chi connectivity index (χ0v) is 16.2. The Balaban J connectivity index is 2.89. The van der Waals surface area contributed by atoms with Gasteiger partial charge in [-0.25, -0.2) is 5.48 Å². The van der Waals surface area contributed by atoms with E-state index in [1.807, 2.05) is 26.0 Å². The molecule has 2 atom stereocenters. The van der Waals surface area contributed by atoms with Crippen molar-refractivity contribution < 1.29 is 24.3 Å². The van der Waals surface area contributed by atoms with Gasteiger partial charge < -0.3 is 15.4 Å². The second kappa shape index (κ2) is 11.2. The number of nitrogens with one attached hydrogen (secondary N) is 3. The van der Waals surface area contributed by atoms with Gasteiger partial charge in [0.25, 0.3) is 0 Å². The summed E-state index contributed by atoms with van der Waals surface area (Å²) in [7, 11) is 3.07. The van der Waals surface area contributed by atoms with Crippen molar-refractivity contribution >= 4 is 17.7 Å². The molecular formula is C19H29N3O5. The van der Waals surface area contributed by atoms with E-state index < -0.39 is 23.8 Å². The van der Waals surface area contributed by atoms with Gasteiger partial charge in [0.1, 0.15) is 11.8 Å². The molecule has 1 unspecified atom stereocenters. The summed E-state index contributed by atoms with van der Waals surface area (Å²) in [6, 6.07) is 6.44. The molecule has 0 aliphatic carbocycles. The molecule has 4 N–H and O–H groups in total. The predicted molar refractivity (Wildman–Crippen MR) is 100 cm³/mol. The van der Waals surface area contributed by atoms with Gasteiger partial charge in [0.05, 0.1) is 7.11 Å². The van der Waals surface area contributed by atoms with Crippen LogP contribution in [0.15, 0.2) is 24.3 Å². The molecule has 27 heavy (non-hydrogen) atoms. The average Bonchev–Trinajstić information content (AvgIpc) is 2.66. The lowest BCUT2D eigenvalue weighted by Gasteiger charge is -2.22. The predicted octanol–water partition coefficient (Wildman–Crippen LogP) is 1.03. The Hall–Kier alpha value is -2.61. The van der Waals surface area contributed by atoms with Crippen LogP contribution in [-0.2, 0) is 20.8 Å². The van der Waals surface area contributed by atoms with Crippen LogP contribution >= 0.6 is 0 Å². The third kappa shape index (κ3) is 7.65. The van der Waals surface area contributed by atoms with E-state index in [0.29, 0.717) is 18.6 Å². The molecule has 1 rings (SSSR count). The maximum absolute atomic E-state index is 12.7. The van der Waals surface area contributed by atoms with Crippen molar-refractivity contribution in [3.05, 3.63) is 29.8 Å². The molecule has 0 fully saturated rings. The average molecular weight is 379 g/mol. The Labute approximate surface area is 159 Å². The van der Waals surface area contributed by atoms with Gasteiger partial charge in [0.2, 0.25) is 17.7 Å². The fourth-order valence-corrected chi connectivity index (χ4v) is 2.79. The normalized spacial score (nSPS) is 12.8. The van der Waals surface area contributed by atoms with Crippen molar-refractivity contribution in [3.63, 3.8) is 0 Å². The standard InChI is InChI=1S/C19H29N3O5/c1-12(2)9-14(11-17(23)22-26)18(24)21-16(19(25)20-3)10-13-5-7-15(27-4)8-6-13/h5-8,12,14,16,26H,9-11H2,1-4H3,(H,20,25)(H,21,24)(H,22,23)/t14-,16?/m1/s1. The van der Waals surface area contributed by atoms with E-state index in [9.17, 15) is 14.4 Å². The second-order valence-corrected chi connectivity index (χ2v) is 6.79. The van der Waals surface area contributed by atoms with E-state index in [0.717, 1.165) is 5.56 Å². The van der Waals surface area contributed by atoms with Crippen molar-refractivity contribution in [2.24, 2.45) is 11.8 Å². The van der Waals surface area contributed by atoms with Gasteiger partial charge in [-0.1, -0.05) is 26.0 Å². The molecule has 0 radical (unpaired) electrons. The quantitative estimate of drug-likeness (QED) is 0.358. The molecule has 3 amide bonds. The molecule has 0 aromatic heterocycles. The number of rotatable bonds is 10. The van der Waals surface area contributed by atoms with Crippen LogP contribution in [0.1, 0.15) is 32.3 Å². The molecular weight excluding hydrogens is 350 g/mol. The number of carbonyl (C=O) groups is 3. The van der Waals surface area contributed by atoms with Crippen molar-refractivity contribution in [1.29, 1.82) is 0 Å². The van der Waals surface area contributed by atoms with Crippen LogP contribution in [0.5, 0.6) is 5.75 Å². The van der Waals surface area contributed by atoms with Crippen molar-refractivity contribution in [3.8, 4) is 5.75 Å². The molecule has 8 nitrogen and oxygen atoms in total. The summed E-state index contributed by atoms with van der Waals surface area (Å²) in [5.41, 5.74) is 2.41. The third-order valence-electron chi connectivity index (χ3n) is 4.16. The fraction of sp³-hybridized carbons (Fsp3) is 0.526. The number of amides is 3. The number of methoxy groups -OCH3 is 1. The van der Waals surface area contributed by atoms with Gasteiger partial charge in [0.15, 0.2) is 0 Å². The van der Waals surface area contributed by atoms with E-state index in [4.69, 9.17) is 9.94 Å². The number of likely N-dealkylation sites (N-methyl/N-ethyl adjacent to an activating group) is 1. The van der Waals surface area contributed by atoms with E-state index >= 15 is 0 Å². The highest BCUT2D eigenvalue weighted by Crippen LogP contribution is 2.17. The first-order valence-corrected chi connectivity index (χ1v) is 8.88. The molecule has 0 saturated heterocycles. The number of carbonyl (C=O) groups excluding carboxylic acids is 3. The smallest absolute Gasteiger partial charge is 0.244 e. The number of benzene rings is 1. The molecule has 0 aliphatic rings. The maximum Gasteiger partial charge on any atom is 0.244 e. The molecule has 0 saturated carbocycles. The van der Waals surface area contributed by atoms with E-state index in [1.54, 1.807) is 24.7 Å². The molecule has 150 valence electrons. The van der Waals surface area contributed by atoms with Crippen LogP contribution in [0.4, 0.5) is 0 Å². The Morgan fingerprint density at radius 3 is 2.22 bits per heavy atom. The highest BCUT2D eigenvalue weighted by atomic mass is 16.5. The Bertz CT molecular complexity index is 631. The molecule has 0 heterocycles. The zero-order valence-electron chi connectivity index (χ0n) is 16.2. The second-order valence-electron chi connectivity index (χ2n) is 6.79. The highest BCUT2D eigenvalue weighted by Gasteiger charge is 2.27. The largest absolute Gasteiger partial charge is 0.497 e. The van der Waals surface area contributed by atoms with Gasteiger partial charge in [-0.05, 0) is 30.0 Å². The van der Waals surface area contributed by atoms with Crippen molar-refractivity contribution in [2.45, 2.75) is 39.2 Å². The maximum atomic E-state index is 12.7. The zero-order chi connectivity index (χ0) is 20.4. The molecule has 8 heteroatoms. The minimum atomic E-state index is -0.775. The number of hydrogen-bond acceptors (Lipinski definition) is 5. The summed E-state index contributed by atoms with van der Waals surface area (Å²) in [6.45, 7) is 3.87. The van der Waals surface area contributed by atoms with E-state index in [2.05, 4.69) is 10.6 Å². The number of ether oxygens (including phenoxy) is 1. The van der Waals surface area contributed by atoms with Crippen LogP contribution in [0.3, 0.4) is 0 Å². The summed E-state index contributed by atoms with van der Waals surface area (Å²) in [4.78, 5) is 36.4. The van der Waals surface area contributed by atoms with Crippen LogP contribution in [0.25, 0.3) is 0 Å². The Morgan fingerprint density at radius 1 is 1.11 bits per heavy atom. The first kappa shape index (κ1) is 22.4. The molecule has 0 spiro atoms. The minimum Gasteiger partial charge on any atom is -0.497 e. The summed E-state index contributed by atoms with van der Waals surface area (Å²) in [5.74, 6) is -1.12. The molecule has 1 aromatic rings. The fourth-order valence-electron chi connectivity index (χ4n) is 2.79. The molecule has 1 aromatic carbocycles. The third-order valence-corrected chi connectivity index (χ3v) is 4.16. The lowest BCUT2D eigenvalue weighted by atomic mass is 9.92. The lowest BCUT2D eigenvalue weighted by Crippen LogP contribution is -2.49. The minimum absolute atomic E-state index is 0.149. The van der Waals surface area contributed by atoms with Crippen LogP contribution in [0, 0.1) is 11.8 Å². The van der Waals surface area contributed by atoms with Gasteiger partial charge in [-0.2, -0.15) is 0 Å². The van der Waals surface area contributed by atoms with Crippen molar-refractivity contribution in [1.82, 2.24) is 16.1 Å². The Kier molecular flexibility index (Phi) is 9.29. The SMILES string of the molecule is CNC(=O)C(Cc1ccc(OC)cc1)NC(=O)[C@@H](CC(=O)NO)CC(C)C. The number of hydrogen-bond donors (Lipinski definition) is 4. The summed E-state index contributed by atoms with van der Waals surface area (Å²) in [5, 5.41) is 14.0. The van der Waals surface area contributed by atoms with Gasteiger partial charge in [-0.3, -0.25) is 19.6 Å². The van der Waals surface area contributed by atoms with Crippen LogP contribution < -0.4 is 20.9 Å². The van der Waals surface area contributed by atoms with Crippen LogP contribution in [-0.4, -0.2) is 43.1 Å². The highest BCUT2D eigenvalue weighted by molar-refractivity contribution is 5.90. The first-order valence-electron chi connectivity index (χ1n) is 8.88. The van der Waals surface area contributed by atoms with Crippen molar-refractivity contribution in [2.75, 3.05) is 14.2 Å². The monoisotopic (exact) mass is 379 g/mol. The first-order chi connectivity index (χ1) is 12.8. The summed E-state index contributed by atoms with van der Waals surface area (Å²) in [6.07, 6.45) is 0.613. The number of hydroxylamine groups is 1. The van der Waals surface area contributed by atoms with Gasteiger partial charge >= 0.3 is 0 Å². The van der Waals surface area contributed by atoms with E-state index in [1.165, 1.54) is 7.05 Å².